The molecule has 0 saturated heterocycles. The molecular formula is C18H33N5O7S. The molecule has 0 aromatic heterocycles. The Kier molecular flexibility index (Phi) is 13.5. The molecule has 31 heavy (non-hydrogen) atoms. The molecule has 4 unspecified atom stereocenters. The molecule has 0 bridgehead atoms. The first-order chi connectivity index (χ1) is 14.4. The van der Waals surface area contributed by atoms with E-state index in [0.717, 1.165) is 0 Å². The number of hydrogen-bond donors (Lipinski definition) is 8. The summed E-state index contributed by atoms with van der Waals surface area (Å²) in [5.74, 6) is -5.29. The van der Waals surface area contributed by atoms with Crippen LogP contribution >= 0.6 is 12.6 Å². The van der Waals surface area contributed by atoms with Crippen molar-refractivity contribution >= 4 is 42.3 Å². The van der Waals surface area contributed by atoms with Gasteiger partial charge in [0.05, 0.1) is 12.5 Å². The van der Waals surface area contributed by atoms with Gasteiger partial charge in [0.25, 0.3) is 0 Å². The first kappa shape index (κ1) is 28.6. The van der Waals surface area contributed by atoms with Crippen molar-refractivity contribution in [3.63, 3.8) is 0 Å². The lowest BCUT2D eigenvalue weighted by Crippen LogP contribution is -2.58. The fourth-order valence-corrected chi connectivity index (χ4v) is 2.70. The van der Waals surface area contributed by atoms with E-state index < -0.39 is 60.2 Å². The summed E-state index contributed by atoms with van der Waals surface area (Å²) < 4.78 is 0. The Hall–Kier alpha value is -2.38. The Balaban J connectivity index is 5.31. The fourth-order valence-electron chi connectivity index (χ4n) is 2.45. The maximum atomic E-state index is 12.6. The average Bonchev–Trinajstić information content (AvgIpc) is 2.69. The standard InChI is InChI=1S/C18H33N5O7S/c1-9(2)14(20)17(28)23-12(8-31)16(27)21-10(5-3-4-6-19)15(26)22-11(18(29)30)7-13(24)25/h9-12,14,31H,3-8,19-20H2,1-2H3,(H,21,27)(H,22,26)(H,23,28)(H,24,25)(H,29,30). The highest BCUT2D eigenvalue weighted by Gasteiger charge is 2.30. The Bertz CT molecular complexity index is 647. The van der Waals surface area contributed by atoms with E-state index in [1.165, 1.54) is 0 Å². The van der Waals surface area contributed by atoms with Crippen LogP contribution in [0.4, 0.5) is 0 Å². The minimum Gasteiger partial charge on any atom is -0.481 e. The molecule has 0 aromatic rings. The van der Waals surface area contributed by atoms with Gasteiger partial charge in [-0.2, -0.15) is 12.6 Å². The molecular weight excluding hydrogens is 430 g/mol. The largest absolute Gasteiger partial charge is 0.481 e. The molecule has 4 atom stereocenters. The number of carboxylic acids is 2. The molecule has 0 aliphatic carbocycles. The molecule has 178 valence electrons. The molecule has 0 aliphatic heterocycles. The van der Waals surface area contributed by atoms with E-state index in [1.807, 2.05) is 0 Å². The van der Waals surface area contributed by atoms with Gasteiger partial charge in [-0.05, 0) is 31.7 Å². The van der Waals surface area contributed by atoms with Gasteiger partial charge < -0.3 is 37.6 Å². The van der Waals surface area contributed by atoms with Crippen molar-refractivity contribution < 1.29 is 34.2 Å². The zero-order chi connectivity index (χ0) is 24.1. The third-order valence-electron chi connectivity index (χ3n) is 4.41. The van der Waals surface area contributed by atoms with Crippen LogP contribution in [0.1, 0.15) is 39.5 Å². The Morgan fingerprint density at radius 1 is 0.871 bits per heavy atom. The van der Waals surface area contributed by atoms with E-state index in [1.54, 1.807) is 13.8 Å². The van der Waals surface area contributed by atoms with Crippen molar-refractivity contribution in [3.05, 3.63) is 0 Å². The van der Waals surface area contributed by atoms with Crippen LogP contribution in [0.15, 0.2) is 0 Å². The molecule has 12 nitrogen and oxygen atoms in total. The number of rotatable bonds is 15. The van der Waals surface area contributed by atoms with Crippen LogP contribution in [0.2, 0.25) is 0 Å². The van der Waals surface area contributed by atoms with E-state index in [-0.39, 0.29) is 18.1 Å². The minimum absolute atomic E-state index is 0.0731. The first-order valence-corrected chi connectivity index (χ1v) is 10.5. The predicted molar refractivity (Wildman–Crippen MR) is 115 cm³/mol. The van der Waals surface area contributed by atoms with E-state index in [9.17, 15) is 24.0 Å². The molecule has 0 aliphatic rings. The lowest BCUT2D eigenvalue weighted by atomic mass is 10.0. The molecule has 3 amide bonds. The lowest BCUT2D eigenvalue weighted by Gasteiger charge is -2.25. The summed E-state index contributed by atoms with van der Waals surface area (Å²) in [6.07, 6.45) is 0.300. The third-order valence-corrected chi connectivity index (χ3v) is 4.77. The Labute approximate surface area is 186 Å². The number of amides is 3. The number of nitrogens with one attached hydrogen (secondary N) is 3. The monoisotopic (exact) mass is 463 g/mol. The second kappa shape index (κ2) is 14.6. The van der Waals surface area contributed by atoms with Gasteiger partial charge >= 0.3 is 11.9 Å². The van der Waals surface area contributed by atoms with Gasteiger partial charge in [0.1, 0.15) is 18.1 Å². The van der Waals surface area contributed by atoms with Crippen LogP contribution < -0.4 is 27.4 Å². The van der Waals surface area contributed by atoms with Crippen LogP contribution in [0.5, 0.6) is 0 Å². The number of carbonyl (C=O) groups is 5. The molecule has 0 saturated carbocycles. The maximum absolute atomic E-state index is 12.6. The zero-order valence-corrected chi connectivity index (χ0v) is 18.6. The van der Waals surface area contributed by atoms with Crippen molar-refractivity contribution in [3.8, 4) is 0 Å². The zero-order valence-electron chi connectivity index (χ0n) is 17.7. The van der Waals surface area contributed by atoms with E-state index >= 15 is 0 Å². The van der Waals surface area contributed by atoms with Crippen molar-refractivity contribution in [2.75, 3.05) is 12.3 Å². The van der Waals surface area contributed by atoms with Gasteiger partial charge in [0.15, 0.2) is 0 Å². The quantitative estimate of drug-likeness (QED) is 0.0998. The predicted octanol–water partition coefficient (Wildman–Crippen LogP) is -1.96. The average molecular weight is 464 g/mol. The molecule has 0 radical (unpaired) electrons. The number of unbranched alkanes of at least 4 members (excludes halogenated alkanes) is 1. The SMILES string of the molecule is CC(C)C(N)C(=O)NC(CS)C(=O)NC(CCCCN)C(=O)NC(CC(=O)O)C(=O)O. The summed E-state index contributed by atoms with van der Waals surface area (Å²) in [5.41, 5.74) is 11.2. The second-order valence-corrected chi connectivity index (χ2v) is 7.72. The highest BCUT2D eigenvalue weighted by molar-refractivity contribution is 7.80. The second-order valence-electron chi connectivity index (χ2n) is 7.36. The summed E-state index contributed by atoms with van der Waals surface area (Å²) >= 11 is 4.05. The van der Waals surface area contributed by atoms with E-state index in [2.05, 4.69) is 28.6 Å². The van der Waals surface area contributed by atoms with Crippen LogP contribution in [0.25, 0.3) is 0 Å². The highest BCUT2D eigenvalue weighted by Crippen LogP contribution is 2.05. The molecule has 0 fully saturated rings. The number of carboxylic acid groups (broad SMARTS) is 2. The highest BCUT2D eigenvalue weighted by atomic mass is 32.1. The topological polar surface area (TPSA) is 214 Å². The molecule has 13 heteroatoms. The third kappa shape index (κ3) is 11.0. The van der Waals surface area contributed by atoms with Gasteiger partial charge in [0.2, 0.25) is 17.7 Å². The van der Waals surface area contributed by atoms with Gasteiger partial charge in [-0.25, -0.2) is 4.79 Å². The van der Waals surface area contributed by atoms with Crippen LogP contribution in [-0.2, 0) is 24.0 Å². The van der Waals surface area contributed by atoms with Gasteiger partial charge in [0, 0.05) is 5.75 Å². The van der Waals surface area contributed by atoms with Crippen molar-refractivity contribution in [2.45, 2.75) is 63.7 Å². The number of carbonyl (C=O) groups excluding carboxylic acids is 3. The summed E-state index contributed by atoms with van der Waals surface area (Å²) in [6, 6.07) is -4.75. The van der Waals surface area contributed by atoms with Crippen molar-refractivity contribution in [1.29, 1.82) is 0 Å². The van der Waals surface area contributed by atoms with Crippen LogP contribution in [0, 0.1) is 5.92 Å². The van der Waals surface area contributed by atoms with E-state index in [4.69, 9.17) is 21.7 Å². The lowest BCUT2D eigenvalue weighted by molar-refractivity contribution is -0.147. The summed E-state index contributed by atoms with van der Waals surface area (Å²) in [4.78, 5) is 59.4. The molecule has 0 aromatic carbocycles. The van der Waals surface area contributed by atoms with Gasteiger partial charge in [-0.3, -0.25) is 19.2 Å². The Morgan fingerprint density at radius 2 is 1.39 bits per heavy atom. The number of thiol groups is 1. The maximum Gasteiger partial charge on any atom is 0.326 e. The minimum atomic E-state index is -1.66. The van der Waals surface area contributed by atoms with E-state index in [0.29, 0.717) is 19.4 Å². The Morgan fingerprint density at radius 3 is 1.84 bits per heavy atom. The smallest absolute Gasteiger partial charge is 0.326 e. The molecule has 9 N–H and O–H groups in total. The molecule has 0 heterocycles. The van der Waals surface area contributed by atoms with Crippen LogP contribution in [-0.4, -0.2) is 76.3 Å². The molecule has 0 spiro atoms. The van der Waals surface area contributed by atoms with Gasteiger partial charge in [-0.15, -0.1) is 0 Å². The van der Waals surface area contributed by atoms with Gasteiger partial charge in [-0.1, -0.05) is 13.8 Å². The summed E-state index contributed by atoms with van der Waals surface area (Å²) in [7, 11) is 0. The summed E-state index contributed by atoms with van der Waals surface area (Å²) in [6.45, 7) is 3.84. The normalized spacial score (nSPS) is 14.8. The fraction of sp³-hybridized carbons (Fsp3) is 0.722. The first-order valence-electron chi connectivity index (χ1n) is 9.86. The molecule has 0 rings (SSSR count). The number of hydrogen-bond acceptors (Lipinski definition) is 8. The summed E-state index contributed by atoms with van der Waals surface area (Å²) in [5, 5.41) is 25.0. The van der Waals surface area contributed by atoms with Crippen molar-refractivity contribution in [1.82, 2.24) is 16.0 Å². The number of aliphatic carboxylic acids is 2. The number of nitrogens with two attached hydrogens (primary N) is 2. The van der Waals surface area contributed by atoms with Crippen molar-refractivity contribution in [2.24, 2.45) is 17.4 Å². The van der Waals surface area contributed by atoms with Crippen LogP contribution in [0.3, 0.4) is 0 Å².